The van der Waals surface area contributed by atoms with Gasteiger partial charge in [-0.15, -0.1) is 0 Å². The molecule has 0 saturated carbocycles. The van der Waals surface area contributed by atoms with Crippen molar-refractivity contribution in [2.24, 2.45) is 5.92 Å². The van der Waals surface area contributed by atoms with E-state index in [0.717, 1.165) is 12.8 Å². The molecule has 1 atom stereocenters. The molecule has 0 unspecified atom stereocenters. The van der Waals surface area contributed by atoms with E-state index in [1.165, 1.54) is 44.9 Å². The van der Waals surface area contributed by atoms with Crippen LogP contribution in [0.25, 0.3) is 0 Å². The molecule has 0 saturated heterocycles. The number of carbonyl (C=O) groups is 1. The van der Waals surface area contributed by atoms with E-state index < -0.39 is 5.97 Å². The van der Waals surface area contributed by atoms with Gasteiger partial charge in [0.25, 0.3) is 0 Å². The minimum Gasteiger partial charge on any atom is -0.550 e. The Kier molecular flexibility index (Phi) is 15.9. The third-order valence-corrected chi connectivity index (χ3v) is 2.89. The first-order valence-corrected chi connectivity index (χ1v) is 6.39. The molecule has 0 N–H and O–H groups in total. The van der Waals surface area contributed by atoms with Crippen LogP contribution in [0, 0.1) is 5.92 Å². The van der Waals surface area contributed by atoms with Gasteiger partial charge in [-0.3, -0.25) is 0 Å². The van der Waals surface area contributed by atoms with Crippen molar-refractivity contribution in [2.75, 3.05) is 0 Å². The minimum atomic E-state index is -0.905. The van der Waals surface area contributed by atoms with Crippen molar-refractivity contribution in [2.45, 2.75) is 71.6 Å². The van der Waals surface area contributed by atoms with Crippen molar-refractivity contribution in [1.82, 2.24) is 0 Å². The smallest absolute Gasteiger partial charge is 0.550 e. The van der Waals surface area contributed by atoms with Gasteiger partial charge < -0.3 is 9.90 Å². The second-order valence-electron chi connectivity index (χ2n) is 4.48. The number of carboxylic acids is 1. The van der Waals surface area contributed by atoms with Gasteiger partial charge >= 0.3 is 29.6 Å². The van der Waals surface area contributed by atoms with Crippen molar-refractivity contribution < 1.29 is 39.5 Å². The van der Waals surface area contributed by atoms with Crippen LogP contribution in [0.4, 0.5) is 0 Å². The number of hydrogen-bond acceptors (Lipinski definition) is 2. The van der Waals surface area contributed by atoms with E-state index >= 15 is 0 Å². The molecular formula is C13H25NaO2. The van der Waals surface area contributed by atoms with Crippen LogP contribution in [-0.4, -0.2) is 5.97 Å². The number of aliphatic carboxylic acids is 1. The summed E-state index contributed by atoms with van der Waals surface area (Å²) in [6.45, 7) is 3.96. The van der Waals surface area contributed by atoms with Crippen molar-refractivity contribution in [3.8, 4) is 0 Å². The van der Waals surface area contributed by atoms with Gasteiger partial charge in [-0.25, -0.2) is 0 Å². The van der Waals surface area contributed by atoms with Gasteiger partial charge in [-0.1, -0.05) is 65.2 Å². The normalized spacial score (nSPS) is 11.9. The largest absolute Gasteiger partial charge is 1.00 e. The summed E-state index contributed by atoms with van der Waals surface area (Å²) < 4.78 is 0. The maximum atomic E-state index is 10.4. The Morgan fingerprint density at radius 2 is 1.44 bits per heavy atom. The molecule has 0 spiro atoms. The average molecular weight is 236 g/mol. The monoisotopic (exact) mass is 236 g/mol. The Morgan fingerprint density at radius 3 is 1.88 bits per heavy atom. The number of rotatable bonds is 10. The topological polar surface area (TPSA) is 40.1 Å². The summed E-state index contributed by atoms with van der Waals surface area (Å²) in [6.07, 6.45) is 10.9. The first kappa shape index (κ1) is 18.8. The second-order valence-corrected chi connectivity index (χ2v) is 4.48. The van der Waals surface area contributed by atoms with Gasteiger partial charge in [-0.2, -0.15) is 0 Å². The molecule has 0 fully saturated rings. The fraction of sp³-hybridized carbons (Fsp3) is 0.923. The molecule has 0 aliphatic heterocycles. The first-order chi connectivity index (χ1) is 7.18. The standard InChI is InChI=1S/C13H26O2.Na/c1-3-4-5-6-7-8-9-10-11-12(2)13(14)15;/h12H,3-11H2,1-2H3,(H,14,15);/q;+1/p-1/t12-;/m0./s1. The van der Waals surface area contributed by atoms with Gasteiger partial charge in [0.05, 0.1) is 0 Å². The van der Waals surface area contributed by atoms with Crippen LogP contribution in [0.3, 0.4) is 0 Å². The van der Waals surface area contributed by atoms with Crippen LogP contribution in [0.5, 0.6) is 0 Å². The van der Waals surface area contributed by atoms with Crippen LogP contribution in [0.1, 0.15) is 71.6 Å². The Morgan fingerprint density at radius 1 is 1.00 bits per heavy atom. The zero-order chi connectivity index (χ0) is 11.5. The fourth-order valence-electron chi connectivity index (χ4n) is 1.70. The molecule has 0 amide bonds. The molecule has 0 aromatic rings. The fourth-order valence-corrected chi connectivity index (χ4v) is 1.70. The Bertz CT molecular complexity index is 160. The van der Waals surface area contributed by atoms with Gasteiger partial charge in [0.15, 0.2) is 0 Å². The molecule has 0 aliphatic carbocycles. The molecule has 0 aromatic heterocycles. The molecule has 2 nitrogen and oxygen atoms in total. The molecule has 0 aliphatic rings. The van der Waals surface area contributed by atoms with Crippen LogP contribution >= 0.6 is 0 Å². The van der Waals surface area contributed by atoms with Gasteiger partial charge in [0.2, 0.25) is 0 Å². The van der Waals surface area contributed by atoms with E-state index in [4.69, 9.17) is 0 Å². The third-order valence-electron chi connectivity index (χ3n) is 2.89. The molecule has 90 valence electrons. The zero-order valence-corrected chi connectivity index (χ0v) is 13.3. The Hall–Kier alpha value is 0.470. The number of carboxylic acid groups (broad SMARTS) is 1. The Balaban J connectivity index is 0. The number of hydrogen-bond donors (Lipinski definition) is 0. The number of carbonyl (C=O) groups excluding carboxylic acids is 1. The van der Waals surface area contributed by atoms with Crippen molar-refractivity contribution >= 4 is 5.97 Å². The summed E-state index contributed by atoms with van der Waals surface area (Å²) in [4.78, 5) is 10.4. The van der Waals surface area contributed by atoms with Crippen molar-refractivity contribution in [3.05, 3.63) is 0 Å². The summed E-state index contributed by atoms with van der Waals surface area (Å²) in [5.41, 5.74) is 0. The van der Waals surface area contributed by atoms with Crippen molar-refractivity contribution in [3.63, 3.8) is 0 Å². The van der Waals surface area contributed by atoms with E-state index in [9.17, 15) is 9.90 Å². The molecule has 3 heteroatoms. The van der Waals surface area contributed by atoms with Crippen LogP contribution in [0.2, 0.25) is 0 Å². The van der Waals surface area contributed by atoms with Gasteiger partial charge in [0.1, 0.15) is 0 Å². The van der Waals surface area contributed by atoms with Crippen LogP contribution in [0.15, 0.2) is 0 Å². The van der Waals surface area contributed by atoms with Gasteiger partial charge in [-0.05, 0) is 12.3 Å². The van der Waals surface area contributed by atoms with E-state index in [-0.39, 0.29) is 35.5 Å². The van der Waals surface area contributed by atoms with E-state index in [1.54, 1.807) is 6.92 Å². The maximum absolute atomic E-state index is 10.4. The molecule has 16 heavy (non-hydrogen) atoms. The maximum Gasteiger partial charge on any atom is 1.00 e. The second kappa shape index (κ2) is 13.5. The molecule has 0 heterocycles. The first-order valence-electron chi connectivity index (χ1n) is 6.39. The van der Waals surface area contributed by atoms with E-state index in [1.807, 2.05) is 0 Å². The summed E-state index contributed by atoms with van der Waals surface area (Å²) >= 11 is 0. The predicted octanol–water partition coefficient (Wildman–Crippen LogP) is -0.0928. The van der Waals surface area contributed by atoms with Crippen LogP contribution < -0.4 is 34.7 Å². The molecule has 0 aromatic carbocycles. The molecular weight excluding hydrogens is 211 g/mol. The average Bonchev–Trinajstić information content (AvgIpc) is 2.21. The summed E-state index contributed by atoms with van der Waals surface area (Å²) in [7, 11) is 0. The Labute approximate surface area is 122 Å². The quantitative estimate of drug-likeness (QED) is 0.393. The molecule has 0 rings (SSSR count). The van der Waals surface area contributed by atoms with Crippen LogP contribution in [-0.2, 0) is 4.79 Å². The number of unbranched alkanes of at least 4 members (excludes halogenated alkanes) is 7. The van der Waals surface area contributed by atoms with Crippen molar-refractivity contribution in [1.29, 1.82) is 0 Å². The molecule has 0 radical (unpaired) electrons. The SMILES string of the molecule is CCCCCCCCCC[C@H](C)C(=O)[O-].[Na+]. The summed E-state index contributed by atoms with van der Waals surface area (Å²) in [5.74, 6) is -1.18. The third kappa shape index (κ3) is 12.5. The predicted molar refractivity (Wildman–Crippen MR) is 61.4 cm³/mol. The van der Waals surface area contributed by atoms with E-state index in [0.29, 0.717) is 0 Å². The van der Waals surface area contributed by atoms with E-state index in [2.05, 4.69) is 6.92 Å². The summed E-state index contributed by atoms with van der Waals surface area (Å²) in [6, 6.07) is 0. The molecule has 0 bridgehead atoms. The minimum absolute atomic E-state index is 0. The summed E-state index contributed by atoms with van der Waals surface area (Å²) in [5, 5.41) is 10.4. The van der Waals surface area contributed by atoms with Gasteiger partial charge in [0, 0.05) is 5.97 Å². The zero-order valence-electron chi connectivity index (χ0n) is 11.3.